The lowest BCUT2D eigenvalue weighted by atomic mass is 10.0. The first kappa shape index (κ1) is 15.2. The number of aromatic nitrogens is 1. The van der Waals surface area contributed by atoms with Crippen LogP contribution < -0.4 is 5.32 Å². The molecule has 1 atom stereocenters. The molecular weight excluding hydrogens is 276 g/mol. The molecule has 2 aromatic rings. The van der Waals surface area contributed by atoms with Gasteiger partial charge in [0, 0.05) is 23.9 Å². The standard InChI is InChI=1S/C17H14N4O/c1-12-6-15(14-4-2-13(8-18)3-5-14)10-20-17(12)7-16(9-19)21-11-22/h2-6,10-11,16H,7H2,1H3,(H,21,22). The van der Waals surface area contributed by atoms with Crippen molar-refractivity contribution in [2.75, 3.05) is 0 Å². The van der Waals surface area contributed by atoms with Gasteiger partial charge in [-0.15, -0.1) is 0 Å². The summed E-state index contributed by atoms with van der Waals surface area (Å²) in [6.07, 6.45) is 2.63. The predicted molar refractivity (Wildman–Crippen MR) is 81.4 cm³/mol. The topological polar surface area (TPSA) is 89.6 Å². The average molecular weight is 290 g/mol. The molecule has 1 unspecified atom stereocenters. The molecule has 0 aliphatic carbocycles. The van der Waals surface area contributed by atoms with Gasteiger partial charge in [-0.3, -0.25) is 9.78 Å². The molecule has 1 aromatic heterocycles. The van der Waals surface area contributed by atoms with E-state index < -0.39 is 6.04 Å². The predicted octanol–water partition coefficient (Wildman–Crippen LogP) is 2.11. The highest BCUT2D eigenvalue weighted by Gasteiger charge is 2.11. The number of amides is 1. The molecule has 0 bridgehead atoms. The quantitative estimate of drug-likeness (QED) is 0.854. The van der Waals surface area contributed by atoms with Gasteiger partial charge in [0.15, 0.2) is 0 Å². The Hall–Kier alpha value is -3.18. The second-order valence-electron chi connectivity index (χ2n) is 4.85. The van der Waals surface area contributed by atoms with Crippen molar-refractivity contribution in [2.45, 2.75) is 19.4 Å². The summed E-state index contributed by atoms with van der Waals surface area (Å²) >= 11 is 0. The van der Waals surface area contributed by atoms with Gasteiger partial charge in [-0.2, -0.15) is 10.5 Å². The second kappa shape index (κ2) is 7.01. The zero-order valence-electron chi connectivity index (χ0n) is 12.1. The Bertz CT molecular complexity index is 754. The van der Waals surface area contributed by atoms with Crippen LogP contribution in [0, 0.1) is 29.6 Å². The molecule has 5 heteroatoms. The highest BCUT2D eigenvalue weighted by Crippen LogP contribution is 2.21. The van der Waals surface area contributed by atoms with Crippen LogP contribution in [0.1, 0.15) is 16.8 Å². The van der Waals surface area contributed by atoms with Crippen molar-refractivity contribution < 1.29 is 4.79 Å². The largest absolute Gasteiger partial charge is 0.343 e. The maximum Gasteiger partial charge on any atom is 0.208 e. The molecule has 1 aromatic carbocycles. The summed E-state index contributed by atoms with van der Waals surface area (Å²) in [5.41, 5.74) is 4.27. The van der Waals surface area contributed by atoms with E-state index in [1.807, 2.05) is 31.2 Å². The molecule has 0 spiro atoms. The number of carbonyl (C=O) groups excluding carboxylic acids is 1. The number of rotatable bonds is 5. The van der Waals surface area contributed by atoms with E-state index in [1.165, 1.54) is 0 Å². The molecule has 1 N–H and O–H groups in total. The van der Waals surface area contributed by atoms with Gasteiger partial charge in [-0.25, -0.2) is 0 Å². The molecule has 0 saturated carbocycles. The maximum absolute atomic E-state index is 10.4. The first-order chi connectivity index (χ1) is 10.7. The second-order valence-corrected chi connectivity index (χ2v) is 4.85. The van der Waals surface area contributed by atoms with Crippen LogP contribution in [0.2, 0.25) is 0 Å². The van der Waals surface area contributed by atoms with Crippen molar-refractivity contribution in [2.24, 2.45) is 0 Å². The van der Waals surface area contributed by atoms with E-state index in [9.17, 15) is 4.79 Å². The molecule has 2 rings (SSSR count). The number of carbonyl (C=O) groups is 1. The molecule has 0 aliphatic heterocycles. The Kier molecular flexibility index (Phi) is 4.85. The molecule has 0 radical (unpaired) electrons. The number of benzene rings is 1. The number of nitrogens with one attached hydrogen (secondary N) is 1. The van der Waals surface area contributed by atoms with E-state index >= 15 is 0 Å². The number of nitriles is 2. The van der Waals surface area contributed by atoms with Crippen LogP contribution in [0.5, 0.6) is 0 Å². The fourth-order valence-corrected chi connectivity index (χ4v) is 2.13. The third-order valence-corrected chi connectivity index (χ3v) is 3.36. The Morgan fingerprint density at radius 1 is 1.27 bits per heavy atom. The summed E-state index contributed by atoms with van der Waals surface area (Å²) in [5.74, 6) is 0. The van der Waals surface area contributed by atoms with Gasteiger partial charge in [-0.05, 0) is 36.2 Å². The third-order valence-electron chi connectivity index (χ3n) is 3.36. The number of hydrogen-bond acceptors (Lipinski definition) is 4. The van der Waals surface area contributed by atoms with Gasteiger partial charge < -0.3 is 5.32 Å². The van der Waals surface area contributed by atoms with Crippen LogP contribution in [0.15, 0.2) is 36.5 Å². The Labute approximate surface area is 128 Å². The van der Waals surface area contributed by atoms with E-state index in [4.69, 9.17) is 10.5 Å². The number of aryl methyl sites for hydroxylation is 1. The summed E-state index contributed by atoms with van der Waals surface area (Å²) < 4.78 is 0. The van der Waals surface area contributed by atoms with Gasteiger partial charge in [0.1, 0.15) is 6.04 Å². The molecule has 0 saturated heterocycles. The Balaban J connectivity index is 2.24. The molecule has 0 aliphatic rings. The van der Waals surface area contributed by atoms with Crippen molar-refractivity contribution in [1.82, 2.24) is 10.3 Å². The molecule has 0 fully saturated rings. The van der Waals surface area contributed by atoms with Crippen LogP contribution in [0.25, 0.3) is 11.1 Å². The number of hydrogen-bond donors (Lipinski definition) is 1. The van der Waals surface area contributed by atoms with Gasteiger partial charge in [0.05, 0.1) is 17.7 Å². The lowest BCUT2D eigenvalue weighted by Crippen LogP contribution is -2.28. The van der Waals surface area contributed by atoms with E-state index in [0.29, 0.717) is 18.4 Å². The number of nitrogens with zero attached hydrogens (tertiary/aromatic N) is 3. The summed E-state index contributed by atoms with van der Waals surface area (Å²) in [5, 5.41) is 20.2. The van der Waals surface area contributed by atoms with Gasteiger partial charge in [-0.1, -0.05) is 12.1 Å². The lowest BCUT2D eigenvalue weighted by Gasteiger charge is -2.11. The van der Waals surface area contributed by atoms with Crippen LogP contribution in [0.4, 0.5) is 0 Å². The van der Waals surface area contributed by atoms with Crippen molar-refractivity contribution >= 4 is 6.41 Å². The van der Waals surface area contributed by atoms with Crippen molar-refractivity contribution in [1.29, 1.82) is 10.5 Å². The zero-order chi connectivity index (χ0) is 15.9. The summed E-state index contributed by atoms with van der Waals surface area (Å²) in [4.78, 5) is 14.8. The fraction of sp³-hybridized carbons (Fsp3) is 0.176. The molecule has 1 amide bonds. The van der Waals surface area contributed by atoms with E-state index in [2.05, 4.69) is 16.4 Å². The normalized spacial score (nSPS) is 11.0. The molecule has 22 heavy (non-hydrogen) atoms. The first-order valence-electron chi connectivity index (χ1n) is 6.73. The van der Waals surface area contributed by atoms with Crippen molar-refractivity contribution in [3.63, 3.8) is 0 Å². The van der Waals surface area contributed by atoms with E-state index in [0.717, 1.165) is 22.4 Å². The lowest BCUT2D eigenvalue weighted by molar-refractivity contribution is -0.109. The minimum atomic E-state index is -0.579. The summed E-state index contributed by atoms with van der Waals surface area (Å²) in [6, 6.07) is 12.8. The van der Waals surface area contributed by atoms with Gasteiger partial charge in [0.2, 0.25) is 6.41 Å². The van der Waals surface area contributed by atoms with E-state index in [1.54, 1.807) is 18.3 Å². The van der Waals surface area contributed by atoms with Crippen molar-refractivity contribution in [3.05, 3.63) is 53.3 Å². The van der Waals surface area contributed by atoms with Crippen LogP contribution >= 0.6 is 0 Å². The zero-order valence-corrected chi connectivity index (χ0v) is 12.1. The maximum atomic E-state index is 10.4. The number of pyridine rings is 1. The van der Waals surface area contributed by atoms with E-state index in [-0.39, 0.29) is 0 Å². The van der Waals surface area contributed by atoms with Crippen LogP contribution in [-0.2, 0) is 11.2 Å². The molecule has 108 valence electrons. The molecule has 5 nitrogen and oxygen atoms in total. The van der Waals surface area contributed by atoms with Gasteiger partial charge in [0.25, 0.3) is 0 Å². The molecule has 1 heterocycles. The SMILES string of the molecule is Cc1cc(-c2ccc(C#N)cc2)cnc1CC(C#N)NC=O. The van der Waals surface area contributed by atoms with Gasteiger partial charge >= 0.3 is 0 Å². The minimum absolute atomic E-state index is 0.370. The molecular formula is C17H14N4O. The fourth-order valence-electron chi connectivity index (χ4n) is 2.13. The third kappa shape index (κ3) is 3.47. The minimum Gasteiger partial charge on any atom is -0.343 e. The van der Waals surface area contributed by atoms with Crippen molar-refractivity contribution in [3.8, 4) is 23.3 Å². The van der Waals surface area contributed by atoms with Crippen LogP contribution in [0.3, 0.4) is 0 Å². The summed E-state index contributed by atoms with van der Waals surface area (Å²) in [7, 11) is 0. The monoisotopic (exact) mass is 290 g/mol. The average Bonchev–Trinajstić information content (AvgIpc) is 2.56. The highest BCUT2D eigenvalue weighted by molar-refractivity contribution is 5.64. The Morgan fingerprint density at radius 3 is 2.55 bits per heavy atom. The van der Waals surface area contributed by atoms with Crippen LogP contribution in [-0.4, -0.2) is 17.4 Å². The Morgan fingerprint density at radius 2 is 2.00 bits per heavy atom. The summed E-state index contributed by atoms with van der Waals surface area (Å²) in [6.45, 7) is 1.92. The first-order valence-corrected chi connectivity index (χ1v) is 6.73. The highest BCUT2D eigenvalue weighted by atomic mass is 16.1. The smallest absolute Gasteiger partial charge is 0.208 e.